The Morgan fingerprint density at radius 2 is 2.29 bits per heavy atom. The SMILES string of the molecule is O=[N+]([O-])c1ccc(F)c(-n2cc(CNCC3CC3)nn2)c1. The van der Waals surface area contributed by atoms with Crippen LogP contribution in [0.5, 0.6) is 0 Å². The molecule has 7 nitrogen and oxygen atoms in total. The highest BCUT2D eigenvalue weighted by molar-refractivity contribution is 5.43. The third-order valence-electron chi connectivity index (χ3n) is 3.36. The zero-order valence-electron chi connectivity index (χ0n) is 11.2. The molecule has 3 rings (SSSR count). The predicted octanol–water partition coefficient (Wildman–Crippen LogP) is 1.81. The van der Waals surface area contributed by atoms with Crippen molar-refractivity contribution in [3.8, 4) is 5.69 Å². The summed E-state index contributed by atoms with van der Waals surface area (Å²) in [5, 5.41) is 21.8. The second-order valence-electron chi connectivity index (χ2n) is 5.12. The van der Waals surface area contributed by atoms with Gasteiger partial charge in [-0.1, -0.05) is 5.21 Å². The lowest BCUT2D eigenvalue weighted by atomic mass is 10.2. The molecule has 110 valence electrons. The average Bonchev–Trinajstić information content (AvgIpc) is 3.16. The number of hydrogen-bond acceptors (Lipinski definition) is 5. The van der Waals surface area contributed by atoms with Gasteiger partial charge in [-0.05, 0) is 31.4 Å². The highest BCUT2D eigenvalue weighted by Gasteiger charge is 2.20. The van der Waals surface area contributed by atoms with Gasteiger partial charge < -0.3 is 5.32 Å². The van der Waals surface area contributed by atoms with Crippen LogP contribution in [0.15, 0.2) is 24.4 Å². The molecule has 0 amide bonds. The second-order valence-corrected chi connectivity index (χ2v) is 5.12. The Morgan fingerprint density at radius 3 is 3.00 bits per heavy atom. The summed E-state index contributed by atoms with van der Waals surface area (Å²) in [5.74, 6) is 0.178. The minimum atomic E-state index is -0.581. The third-order valence-corrected chi connectivity index (χ3v) is 3.36. The van der Waals surface area contributed by atoms with Crippen LogP contribution in [0, 0.1) is 21.8 Å². The Bertz CT molecular complexity index is 668. The largest absolute Gasteiger partial charge is 0.311 e. The monoisotopic (exact) mass is 291 g/mol. The summed E-state index contributed by atoms with van der Waals surface area (Å²) < 4.78 is 15.0. The van der Waals surface area contributed by atoms with E-state index in [0.717, 1.165) is 30.7 Å². The molecule has 1 heterocycles. The molecule has 0 unspecified atom stereocenters. The van der Waals surface area contributed by atoms with Gasteiger partial charge in [-0.15, -0.1) is 5.10 Å². The molecule has 0 atom stereocenters. The van der Waals surface area contributed by atoms with E-state index in [9.17, 15) is 14.5 Å². The number of benzene rings is 1. The molecule has 21 heavy (non-hydrogen) atoms. The summed E-state index contributed by atoms with van der Waals surface area (Å²) in [6, 6.07) is 3.32. The molecule has 0 aliphatic heterocycles. The van der Waals surface area contributed by atoms with Crippen molar-refractivity contribution in [1.82, 2.24) is 20.3 Å². The van der Waals surface area contributed by atoms with Gasteiger partial charge in [0.2, 0.25) is 0 Å². The number of nitrogens with one attached hydrogen (secondary N) is 1. The van der Waals surface area contributed by atoms with Crippen LogP contribution in [0.2, 0.25) is 0 Å². The normalized spacial score (nSPS) is 14.3. The van der Waals surface area contributed by atoms with Crippen LogP contribution in [0.4, 0.5) is 10.1 Å². The number of nitro groups is 1. The zero-order valence-corrected chi connectivity index (χ0v) is 11.2. The van der Waals surface area contributed by atoms with E-state index < -0.39 is 10.7 Å². The molecule has 1 fully saturated rings. The number of halogens is 1. The topological polar surface area (TPSA) is 85.9 Å². The maximum atomic E-state index is 13.8. The lowest BCUT2D eigenvalue weighted by Crippen LogP contribution is -2.16. The van der Waals surface area contributed by atoms with E-state index in [-0.39, 0.29) is 11.4 Å². The maximum Gasteiger partial charge on any atom is 0.271 e. The standard InChI is InChI=1S/C13H14FN5O2/c14-12-4-3-11(19(20)21)5-13(12)18-8-10(16-17-18)7-15-6-9-1-2-9/h3-5,8-9,15H,1-2,6-7H2. The molecule has 1 aliphatic carbocycles. The first-order chi connectivity index (χ1) is 10.1. The highest BCUT2D eigenvalue weighted by atomic mass is 19.1. The van der Waals surface area contributed by atoms with Crippen LogP contribution >= 0.6 is 0 Å². The van der Waals surface area contributed by atoms with Crippen molar-refractivity contribution in [2.75, 3.05) is 6.54 Å². The van der Waals surface area contributed by atoms with Crippen molar-refractivity contribution in [3.63, 3.8) is 0 Å². The van der Waals surface area contributed by atoms with Gasteiger partial charge in [0.25, 0.3) is 5.69 Å². The molecule has 1 aliphatic rings. The van der Waals surface area contributed by atoms with E-state index in [1.807, 2.05) is 0 Å². The third kappa shape index (κ3) is 3.22. The van der Waals surface area contributed by atoms with E-state index in [2.05, 4.69) is 15.6 Å². The van der Waals surface area contributed by atoms with Crippen LogP contribution in [0.25, 0.3) is 5.69 Å². The quantitative estimate of drug-likeness (QED) is 0.648. The lowest BCUT2D eigenvalue weighted by molar-refractivity contribution is -0.384. The van der Waals surface area contributed by atoms with Crippen molar-refractivity contribution in [1.29, 1.82) is 0 Å². The summed E-state index contributed by atoms with van der Waals surface area (Å²) in [5.41, 5.74) is 0.502. The molecule has 1 N–H and O–H groups in total. The molecule has 0 radical (unpaired) electrons. The van der Waals surface area contributed by atoms with Crippen LogP contribution < -0.4 is 5.32 Å². The predicted molar refractivity (Wildman–Crippen MR) is 72.4 cm³/mol. The fourth-order valence-electron chi connectivity index (χ4n) is 2.01. The molecule has 2 aromatic rings. The molecule has 1 saturated carbocycles. The summed E-state index contributed by atoms with van der Waals surface area (Å²) in [7, 11) is 0. The number of aromatic nitrogens is 3. The Balaban J connectivity index is 1.75. The van der Waals surface area contributed by atoms with Crippen molar-refractivity contribution in [3.05, 3.63) is 46.0 Å². The summed E-state index contributed by atoms with van der Waals surface area (Å²) in [6.07, 6.45) is 4.10. The first kappa shape index (κ1) is 13.6. The van der Waals surface area contributed by atoms with Gasteiger partial charge in [0.1, 0.15) is 11.5 Å². The van der Waals surface area contributed by atoms with E-state index in [0.29, 0.717) is 12.2 Å². The highest BCUT2D eigenvalue weighted by Crippen LogP contribution is 2.27. The Kier molecular flexibility index (Phi) is 3.61. The first-order valence-corrected chi connectivity index (χ1v) is 6.70. The number of rotatable bonds is 6. The van der Waals surface area contributed by atoms with E-state index in [4.69, 9.17) is 0 Å². The lowest BCUT2D eigenvalue weighted by Gasteiger charge is -2.02. The Morgan fingerprint density at radius 1 is 1.48 bits per heavy atom. The van der Waals surface area contributed by atoms with Gasteiger partial charge in [-0.2, -0.15) is 0 Å². The Labute approximate surface area is 119 Å². The van der Waals surface area contributed by atoms with Crippen LogP contribution in [-0.4, -0.2) is 26.5 Å². The summed E-state index contributed by atoms with van der Waals surface area (Å²) in [6.45, 7) is 1.49. The van der Waals surface area contributed by atoms with Gasteiger partial charge in [0.05, 0.1) is 16.8 Å². The molecule has 1 aromatic carbocycles. The van der Waals surface area contributed by atoms with Gasteiger partial charge in [-0.3, -0.25) is 10.1 Å². The van der Waals surface area contributed by atoms with Crippen molar-refractivity contribution < 1.29 is 9.31 Å². The van der Waals surface area contributed by atoms with Crippen molar-refractivity contribution in [2.24, 2.45) is 5.92 Å². The minimum Gasteiger partial charge on any atom is -0.311 e. The molecule has 0 saturated heterocycles. The van der Waals surface area contributed by atoms with Crippen LogP contribution in [0.1, 0.15) is 18.5 Å². The first-order valence-electron chi connectivity index (χ1n) is 6.70. The van der Waals surface area contributed by atoms with E-state index >= 15 is 0 Å². The summed E-state index contributed by atoms with van der Waals surface area (Å²) in [4.78, 5) is 10.2. The van der Waals surface area contributed by atoms with Crippen LogP contribution in [-0.2, 0) is 6.54 Å². The molecule has 0 bridgehead atoms. The summed E-state index contributed by atoms with van der Waals surface area (Å²) >= 11 is 0. The van der Waals surface area contributed by atoms with Crippen molar-refractivity contribution >= 4 is 5.69 Å². The Hall–Kier alpha value is -2.35. The van der Waals surface area contributed by atoms with E-state index in [1.165, 1.54) is 17.5 Å². The van der Waals surface area contributed by atoms with Gasteiger partial charge in [-0.25, -0.2) is 9.07 Å². The van der Waals surface area contributed by atoms with Crippen LogP contribution in [0.3, 0.4) is 0 Å². The molecule has 0 spiro atoms. The van der Waals surface area contributed by atoms with Gasteiger partial charge in [0.15, 0.2) is 0 Å². The van der Waals surface area contributed by atoms with Crippen molar-refractivity contribution in [2.45, 2.75) is 19.4 Å². The zero-order chi connectivity index (χ0) is 14.8. The number of hydrogen-bond donors (Lipinski definition) is 1. The van der Waals surface area contributed by atoms with Gasteiger partial charge in [0, 0.05) is 18.7 Å². The maximum absolute atomic E-state index is 13.8. The number of non-ortho nitro benzene ring substituents is 1. The van der Waals surface area contributed by atoms with E-state index in [1.54, 1.807) is 6.20 Å². The fraction of sp³-hybridized carbons (Fsp3) is 0.385. The average molecular weight is 291 g/mol. The number of nitrogens with zero attached hydrogens (tertiary/aromatic N) is 4. The molecule has 1 aromatic heterocycles. The minimum absolute atomic E-state index is 0.0187. The molecular formula is C13H14FN5O2. The fourth-order valence-corrected chi connectivity index (χ4v) is 2.01. The molecule has 8 heteroatoms. The number of nitro benzene ring substituents is 1. The molecular weight excluding hydrogens is 277 g/mol. The second kappa shape index (κ2) is 5.57. The van der Waals surface area contributed by atoms with Gasteiger partial charge >= 0.3 is 0 Å². The smallest absolute Gasteiger partial charge is 0.271 e.